The third-order valence-electron chi connectivity index (χ3n) is 5.02. The predicted octanol–water partition coefficient (Wildman–Crippen LogP) is 4.75. The van der Waals surface area contributed by atoms with Crippen molar-refractivity contribution in [2.45, 2.75) is 13.3 Å². The summed E-state index contributed by atoms with van der Waals surface area (Å²) in [7, 11) is 1.52. The highest BCUT2D eigenvalue weighted by Gasteiger charge is 2.26. The second kappa shape index (κ2) is 13.7. The van der Waals surface area contributed by atoms with E-state index in [1.165, 1.54) is 24.4 Å². The molecule has 0 saturated carbocycles. The van der Waals surface area contributed by atoms with Crippen LogP contribution in [0.2, 0.25) is 0 Å². The van der Waals surface area contributed by atoms with E-state index >= 15 is 0 Å². The highest BCUT2D eigenvalue weighted by atomic mass is 19.2. The van der Waals surface area contributed by atoms with E-state index in [2.05, 4.69) is 34.0 Å². The van der Waals surface area contributed by atoms with E-state index in [0.717, 1.165) is 12.3 Å². The van der Waals surface area contributed by atoms with E-state index in [1.807, 2.05) is 0 Å². The van der Waals surface area contributed by atoms with Crippen LogP contribution in [0.25, 0.3) is 0 Å². The molecule has 1 aromatic carbocycles. The number of nitrogens with zero attached hydrogens (tertiary/aromatic N) is 3. The highest BCUT2D eigenvalue weighted by molar-refractivity contribution is 5.94. The number of hydrogen-bond donors (Lipinski definition) is 4. The molecule has 2 rings (SSSR count). The van der Waals surface area contributed by atoms with Gasteiger partial charge in [-0.3, -0.25) is 15.8 Å². The van der Waals surface area contributed by atoms with Crippen molar-refractivity contribution in [3.8, 4) is 5.75 Å². The first kappa shape index (κ1) is 28.1. The van der Waals surface area contributed by atoms with Crippen molar-refractivity contribution in [2.24, 2.45) is 15.9 Å². The normalized spacial score (nSPS) is 16.8. The zero-order chi connectivity index (χ0) is 26.7. The van der Waals surface area contributed by atoms with Gasteiger partial charge in [-0.1, -0.05) is 13.2 Å². The van der Waals surface area contributed by atoms with Crippen molar-refractivity contribution in [3.05, 3.63) is 84.0 Å². The van der Waals surface area contributed by atoms with Crippen LogP contribution in [0.15, 0.2) is 94.0 Å². The molecule has 0 heterocycles. The molecule has 36 heavy (non-hydrogen) atoms. The van der Waals surface area contributed by atoms with Crippen LogP contribution in [0.1, 0.15) is 13.3 Å². The van der Waals surface area contributed by atoms with Crippen molar-refractivity contribution in [2.75, 3.05) is 20.4 Å². The lowest BCUT2D eigenvalue weighted by molar-refractivity contribution is 0.153. The van der Waals surface area contributed by atoms with Crippen LogP contribution in [0.5, 0.6) is 5.75 Å². The maximum Gasteiger partial charge on any atom is 0.220 e. The first-order chi connectivity index (χ1) is 17.2. The summed E-state index contributed by atoms with van der Waals surface area (Å²) in [4.78, 5) is 9.76. The summed E-state index contributed by atoms with van der Waals surface area (Å²) in [5.41, 5.74) is 7.51. The molecular weight excluding hydrogens is 473 g/mol. The number of hydrazine groups is 1. The Morgan fingerprint density at radius 1 is 1.28 bits per heavy atom. The van der Waals surface area contributed by atoms with E-state index in [1.54, 1.807) is 31.2 Å². The monoisotopic (exact) mass is 502 g/mol. The lowest BCUT2D eigenvalue weighted by Gasteiger charge is -2.29. The molecule has 1 aromatic rings. The van der Waals surface area contributed by atoms with E-state index < -0.39 is 30.1 Å². The third kappa shape index (κ3) is 7.70. The summed E-state index contributed by atoms with van der Waals surface area (Å²) < 4.78 is 46.2. The fourth-order valence-electron chi connectivity index (χ4n) is 3.20. The molecule has 0 fully saturated rings. The molecule has 0 bridgehead atoms. The van der Waals surface area contributed by atoms with Gasteiger partial charge in [0.2, 0.25) is 5.96 Å². The molecule has 0 amide bonds. The second-order valence-corrected chi connectivity index (χ2v) is 7.66. The number of hydrogen-bond acceptors (Lipinski definition) is 6. The average molecular weight is 503 g/mol. The quantitative estimate of drug-likeness (QED) is 0.115. The number of benzene rings is 1. The molecule has 8 nitrogen and oxygen atoms in total. The van der Waals surface area contributed by atoms with Gasteiger partial charge >= 0.3 is 0 Å². The first-order valence-electron chi connectivity index (χ1n) is 10.8. The summed E-state index contributed by atoms with van der Waals surface area (Å²) in [6.07, 6.45) is 4.42. The fraction of sp³-hybridized carbons (Fsp3) is 0.240. The summed E-state index contributed by atoms with van der Waals surface area (Å²) >= 11 is 0. The molecule has 4 N–H and O–H groups in total. The van der Waals surface area contributed by atoms with Gasteiger partial charge in [0.1, 0.15) is 18.3 Å². The number of ether oxygens (including phenoxy) is 1. The Morgan fingerprint density at radius 3 is 2.50 bits per heavy atom. The number of rotatable bonds is 11. The standard InChI is InChI=1S/C25H29F3N6O2/c1-5-30-13-20(16(2)3)23(12-29)32-33-25(31-18-6-8-19(36-4)9-7-18)34(15-35)14-17-10-21(26)24(28)22(27)11-17/h5-10,12-13,17,29,32,35H,1-2,11,14-15H2,3-4H3,(H,31,33)/b23-20+,29-12?,30-13?. The van der Waals surface area contributed by atoms with Gasteiger partial charge < -0.3 is 20.2 Å². The molecule has 0 saturated heterocycles. The fourth-order valence-corrected chi connectivity index (χ4v) is 3.20. The number of aliphatic imine (C=N–C) groups is 2. The van der Waals surface area contributed by atoms with Gasteiger partial charge in [-0.15, -0.1) is 0 Å². The van der Waals surface area contributed by atoms with Gasteiger partial charge in [-0.05, 0) is 42.8 Å². The van der Waals surface area contributed by atoms with Crippen LogP contribution < -0.4 is 15.6 Å². The van der Waals surface area contributed by atoms with Crippen LogP contribution in [0.3, 0.4) is 0 Å². The smallest absolute Gasteiger partial charge is 0.220 e. The molecule has 1 unspecified atom stereocenters. The van der Waals surface area contributed by atoms with Gasteiger partial charge in [-0.25, -0.2) is 18.2 Å². The van der Waals surface area contributed by atoms with Gasteiger partial charge in [0.25, 0.3) is 0 Å². The van der Waals surface area contributed by atoms with Gasteiger partial charge in [0, 0.05) is 43.1 Å². The zero-order valence-corrected chi connectivity index (χ0v) is 20.1. The molecule has 11 heteroatoms. The Balaban J connectivity index is 2.41. The van der Waals surface area contributed by atoms with E-state index in [9.17, 15) is 18.3 Å². The summed E-state index contributed by atoms with van der Waals surface area (Å²) in [5, 5.41) is 17.9. The van der Waals surface area contributed by atoms with Crippen molar-refractivity contribution in [1.29, 1.82) is 5.41 Å². The number of methoxy groups -OCH3 is 1. The number of allylic oxidation sites excluding steroid dienone is 6. The minimum absolute atomic E-state index is 0.0629. The molecular formula is C25H29F3N6O2. The maximum atomic E-state index is 13.8. The third-order valence-corrected chi connectivity index (χ3v) is 5.02. The number of nitrogens with one attached hydrogen (secondary N) is 3. The largest absolute Gasteiger partial charge is 0.497 e. The molecule has 192 valence electrons. The van der Waals surface area contributed by atoms with Crippen LogP contribution in [0, 0.1) is 11.3 Å². The van der Waals surface area contributed by atoms with Crippen molar-refractivity contribution in [1.82, 2.24) is 15.8 Å². The Kier molecular flexibility index (Phi) is 10.7. The summed E-state index contributed by atoms with van der Waals surface area (Å²) in [6, 6.07) is 6.70. The molecule has 0 aromatic heterocycles. The molecule has 1 atom stereocenters. The lowest BCUT2D eigenvalue weighted by Crippen LogP contribution is -2.49. The SMILES string of the molecule is C=CN=C/C(C(=C)C)=C(/C=N)NNC(=Nc1ccc(OC)cc1)N(CO)CC1C=C(F)C(F)=C(F)C1. The second-order valence-electron chi connectivity index (χ2n) is 7.66. The van der Waals surface area contributed by atoms with Crippen LogP contribution in [-0.4, -0.2) is 48.8 Å². The maximum absolute atomic E-state index is 13.8. The molecule has 0 radical (unpaired) electrons. The van der Waals surface area contributed by atoms with Gasteiger partial charge in [-0.2, -0.15) is 0 Å². The van der Waals surface area contributed by atoms with Crippen molar-refractivity contribution < 1.29 is 23.0 Å². The number of guanidine groups is 1. The Bertz CT molecular complexity index is 1120. The minimum atomic E-state index is -1.51. The number of aliphatic hydroxyl groups excluding tert-OH is 1. The molecule has 0 spiro atoms. The van der Waals surface area contributed by atoms with E-state index in [4.69, 9.17) is 10.1 Å². The predicted molar refractivity (Wildman–Crippen MR) is 136 cm³/mol. The van der Waals surface area contributed by atoms with E-state index in [0.29, 0.717) is 22.6 Å². The topological polar surface area (TPSA) is 105 Å². The van der Waals surface area contributed by atoms with Crippen molar-refractivity contribution in [3.63, 3.8) is 0 Å². The van der Waals surface area contributed by atoms with Crippen molar-refractivity contribution >= 4 is 24.1 Å². The Hall–Kier alpha value is -4.12. The molecule has 0 aliphatic heterocycles. The van der Waals surface area contributed by atoms with Gasteiger partial charge in [0.15, 0.2) is 11.7 Å². The first-order valence-corrected chi connectivity index (χ1v) is 10.8. The Labute approximate surface area is 208 Å². The number of aliphatic hydroxyl groups is 1. The van der Waals surface area contributed by atoms with Crippen LogP contribution >= 0.6 is 0 Å². The summed E-state index contributed by atoms with van der Waals surface area (Å²) in [5.74, 6) is -4.10. The van der Waals surface area contributed by atoms with E-state index in [-0.39, 0.29) is 24.6 Å². The zero-order valence-electron chi connectivity index (χ0n) is 20.1. The Morgan fingerprint density at radius 2 is 1.97 bits per heavy atom. The average Bonchev–Trinajstić information content (AvgIpc) is 2.87. The summed E-state index contributed by atoms with van der Waals surface area (Å²) in [6.45, 7) is 8.45. The highest BCUT2D eigenvalue weighted by Crippen LogP contribution is 2.32. The van der Waals surface area contributed by atoms with Crippen LogP contribution in [-0.2, 0) is 0 Å². The molecule has 1 aliphatic rings. The lowest BCUT2D eigenvalue weighted by atomic mass is 9.98. The van der Waals surface area contributed by atoms with Crippen LogP contribution in [0.4, 0.5) is 18.9 Å². The minimum Gasteiger partial charge on any atom is -0.497 e. The molecule has 1 aliphatic carbocycles. The number of halogens is 3. The van der Waals surface area contributed by atoms with Gasteiger partial charge in [0.05, 0.1) is 18.5 Å².